The van der Waals surface area contributed by atoms with Crippen LogP contribution in [-0.2, 0) is 4.79 Å². The monoisotopic (exact) mass is 389 g/mol. The number of hydrogen-bond acceptors (Lipinski definition) is 6. The summed E-state index contributed by atoms with van der Waals surface area (Å²) in [5.41, 5.74) is 2.68. The Morgan fingerprint density at radius 2 is 2.00 bits per heavy atom. The van der Waals surface area contributed by atoms with Gasteiger partial charge in [-0.15, -0.1) is 10.2 Å². The lowest BCUT2D eigenvalue weighted by atomic mass is 10.2. The molecule has 0 fully saturated rings. The molecule has 1 amide bonds. The number of rotatable bonds is 5. The smallest absolute Gasteiger partial charge is 0.277 e. The molecule has 0 radical (unpaired) electrons. The van der Waals surface area contributed by atoms with E-state index in [1.807, 2.05) is 30.5 Å². The van der Waals surface area contributed by atoms with Crippen LogP contribution in [0, 0.1) is 11.3 Å². The van der Waals surface area contributed by atoms with Crippen molar-refractivity contribution in [1.82, 2.24) is 15.2 Å². The topological polar surface area (TPSA) is 108 Å². The fourth-order valence-corrected chi connectivity index (χ4v) is 3.43. The van der Waals surface area contributed by atoms with Gasteiger partial charge in [0.15, 0.2) is 0 Å². The first-order chi connectivity index (χ1) is 13.7. The van der Waals surface area contributed by atoms with E-state index in [0.29, 0.717) is 22.4 Å². The molecule has 7 nitrogen and oxygen atoms in total. The van der Waals surface area contributed by atoms with Crippen LogP contribution in [0.15, 0.2) is 64.4 Å². The molecule has 8 heteroatoms. The van der Waals surface area contributed by atoms with Crippen molar-refractivity contribution in [1.29, 1.82) is 5.26 Å². The number of carbonyl (C=O) groups is 1. The maximum atomic E-state index is 12.5. The van der Waals surface area contributed by atoms with E-state index >= 15 is 0 Å². The number of fused-ring (bicyclic) bond motifs is 1. The zero-order valence-electron chi connectivity index (χ0n) is 14.8. The van der Waals surface area contributed by atoms with Gasteiger partial charge >= 0.3 is 0 Å². The van der Waals surface area contributed by atoms with Gasteiger partial charge in [-0.2, -0.15) is 5.26 Å². The van der Waals surface area contributed by atoms with Gasteiger partial charge in [0.05, 0.1) is 22.1 Å². The Morgan fingerprint density at radius 1 is 1.21 bits per heavy atom. The highest BCUT2D eigenvalue weighted by molar-refractivity contribution is 8.00. The van der Waals surface area contributed by atoms with Gasteiger partial charge in [0.1, 0.15) is 6.07 Å². The standard InChI is InChI=1S/C20H15N5O2S/c1-12(18(26)23-16-8-4-2-6-13(16)10-21)28-20-25-24-19(27-20)15-11-22-17-9-5-3-7-14(15)17/h2-9,11-12,22H,1H3,(H,23,26). The van der Waals surface area contributed by atoms with E-state index < -0.39 is 5.25 Å². The Bertz CT molecular complexity index is 1190. The highest BCUT2D eigenvalue weighted by atomic mass is 32.2. The summed E-state index contributed by atoms with van der Waals surface area (Å²) in [5.74, 6) is 0.141. The van der Waals surface area contributed by atoms with E-state index in [0.717, 1.165) is 28.2 Å². The van der Waals surface area contributed by atoms with Gasteiger partial charge in [0.2, 0.25) is 5.91 Å². The van der Waals surface area contributed by atoms with Gasteiger partial charge in [-0.25, -0.2) is 0 Å². The normalized spacial score (nSPS) is 11.9. The Balaban J connectivity index is 1.48. The number of benzene rings is 2. The highest BCUT2D eigenvalue weighted by Crippen LogP contribution is 2.31. The second kappa shape index (κ2) is 7.58. The number of para-hydroxylation sites is 2. The van der Waals surface area contributed by atoms with Crippen LogP contribution in [0.4, 0.5) is 5.69 Å². The molecular formula is C20H15N5O2S. The Hall–Kier alpha value is -3.57. The maximum absolute atomic E-state index is 12.5. The van der Waals surface area contributed by atoms with Gasteiger partial charge < -0.3 is 14.7 Å². The quantitative estimate of drug-likeness (QED) is 0.495. The Kier molecular flexibility index (Phi) is 4.83. The highest BCUT2D eigenvalue weighted by Gasteiger charge is 2.20. The lowest BCUT2D eigenvalue weighted by Gasteiger charge is -2.10. The van der Waals surface area contributed by atoms with Crippen molar-refractivity contribution in [2.45, 2.75) is 17.4 Å². The molecule has 1 atom stereocenters. The number of nitriles is 1. The average Bonchev–Trinajstić information content (AvgIpc) is 3.35. The molecule has 0 bridgehead atoms. The van der Waals surface area contributed by atoms with E-state index in [-0.39, 0.29) is 5.91 Å². The van der Waals surface area contributed by atoms with Crippen LogP contribution in [0.3, 0.4) is 0 Å². The predicted octanol–water partition coefficient (Wildman–Crippen LogP) is 4.21. The summed E-state index contributed by atoms with van der Waals surface area (Å²) in [6, 6.07) is 16.7. The lowest BCUT2D eigenvalue weighted by Crippen LogP contribution is -2.22. The number of aromatic amines is 1. The van der Waals surface area contributed by atoms with Crippen molar-refractivity contribution in [3.63, 3.8) is 0 Å². The molecule has 0 aliphatic heterocycles. The van der Waals surface area contributed by atoms with Crippen LogP contribution in [0.5, 0.6) is 0 Å². The summed E-state index contributed by atoms with van der Waals surface area (Å²) in [4.78, 5) is 15.6. The van der Waals surface area contributed by atoms with Crippen molar-refractivity contribution in [3.05, 3.63) is 60.3 Å². The molecule has 28 heavy (non-hydrogen) atoms. The molecule has 0 aliphatic carbocycles. The van der Waals surface area contributed by atoms with Gasteiger partial charge in [0, 0.05) is 17.1 Å². The number of thioether (sulfide) groups is 1. The molecule has 2 aromatic heterocycles. The number of hydrogen-bond donors (Lipinski definition) is 2. The van der Waals surface area contributed by atoms with Crippen LogP contribution >= 0.6 is 11.8 Å². The molecule has 0 spiro atoms. The molecule has 138 valence electrons. The van der Waals surface area contributed by atoms with Crippen LogP contribution in [0.2, 0.25) is 0 Å². The molecule has 0 saturated carbocycles. The van der Waals surface area contributed by atoms with Crippen molar-refractivity contribution in [2.75, 3.05) is 5.32 Å². The summed E-state index contributed by atoms with van der Waals surface area (Å²) in [6.07, 6.45) is 1.82. The van der Waals surface area contributed by atoms with E-state index in [9.17, 15) is 4.79 Å². The number of carbonyl (C=O) groups excluding carboxylic acids is 1. The fourth-order valence-electron chi connectivity index (χ4n) is 2.74. The molecule has 2 aromatic carbocycles. The number of anilines is 1. The summed E-state index contributed by atoms with van der Waals surface area (Å²) in [7, 11) is 0. The zero-order chi connectivity index (χ0) is 19.5. The van der Waals surface area contributed by atoms with Gasteiger partial charge in [0.25, 0.3) is 11.1 Å². The SMILES string of the molecule is CC(Sc1nnc(-c2c[nH]c3ccccc23)o1)C(=O)Nc1ccccc1C#N. The van der Waals surface area contributed by atoms with Gasteiger partial charge in [-0.1, -0.05) is 42.1 Å². The molecule has 2 N–H and O–H groups in total. The maximum Gasteiger partial charge on any atom is 0.277 e. The largest absolute Gasteiger partial charge is 0.411 e. The summed E-state index contributed by atoms with van der Waals surface area (Å²) < 4.78 is 5.74. The van der Waals surface area contributed by atoms with Crippen molar-refractivity contribution in [2.24, 2.45) is 0 Å². The van der Waals surface area contributed by atoms with E-state index in [2.05, 4.69) is 26.6 Å². The Morgan fingerprint density at radius 3 is 2.86 bits per heavy atom. The summed E-state index contributed by atoms with van der Waals surface area (Å²) >= 11 is 1.16. The Labute approximate surface area is 164 Å². The summed E-state index contributed by atoms with van der Waals surface area (Å²) in [5, 5.41) is 20.8. The van der Waals surface area contributed by atoms with Crippen LogP contribution in [0.1, 0.15) is 12.5 Å². The van der Waals surface area contributed by atoms with Gasteiger partial charge in [-0.3, -0.25) is 4.79 Å². The first-order valence-electron chi connectivity index (χ1n) is 8.52. The minimum Gasteiger partial charge on any atom is -0.411 e. The molecule has 0 saturated heterocycles. The lowest BCUT2D eigenvalue weighted by molar-refractivity contribution is -0.115. The minimum atomic E-state index is -0.483. The number of aromatic nitrogens is 3. The summed E-state index contributed by atoms with van der Waals surface area (Å²) in [6.45, 7) is 1.74. The second-order valence-corrected chi connectivity index (χ2v) is 7.32. The first-order valence-corrected chi connectivity index (χ1v) is 9.40. The van der Waals surface area contributed by atoms with Gasteiger partial charge in [-0.05, 0) is 25.1 Å². The van der Waals surface area contributed by atoms with E-state index in [1.165, 1.54) is 0 Å². The van der Waals surface area contributed by atoms with E-state index in [4.69, 9.17) is 9.68 Å². The molecule has 4 aromatic rings. The average molecular weight is 389 g/mol. The fraction of sp³-hybridized carbons (Fsp3) is 0.100. The third kappa shape index (κ3) is 3.48. The molecule has 0 aliphatic rings. The zero-order valence-corrected chi connectivity index (χ0v) is 15.7. The predicted molar refractivity (Wildman–Crippen MR) is 107 cm³/mol. The number of nitrogens with zero attached hydrogens (tertiary/aromatic N) is 3. The molecule has 2 heterocycles. The molecular weight excluding hydrogens is 374 g/mol. The van der Waals surface area contributed by atoms with Crippen LogP contribution < -0.4 is 5.32 Å². The van der Waals surface area contributed by atoms with Crippen molar-refractivity contribution < 1.29 is 9.21 Å². The van der Waals surface area contributed by atoms with Crippen molar-refractivity contribution >= 4 is 34.3 Å². The second-order valence-electron chi connectivity index (χ2n) is 6.03. The van der Waals surface area contributed by atoms with E-state index in [1.54, 1.807) is 31.2 Å². The molecule has 4 rings (SSSR count). The van der Waals surface area contributed by atoms with Crippen LogP contribution in [-0.4, -0.2) is 26.3 Å². The number of nitrogens with one attached hydrogen (secondary N) is 2. The van der Waals surface area contributed by atoms with Crippen molar-refractivity contribution in [3.8, 4) is 17.5 Å². The number of H-pyrrole nitrogens is 1. The third-order valence-corrected chi connectivity index (χ3v) is 5.11. The number of amides is 1. The first kappa shape index (κ1) is 17.8. The third-order valence-electron chi connectivity index (χ3n) is 4.18. The minimum absolute atomic E-state index is 0.250. The van der Waals surface area contributed by atoms with Crippen LogP contribution in [0.25, 0.3) is 22.4 Å². The molecule has 1 unspecified atom stereocenters.